The number of fused-ring (bicyclic) bond motifs is 2. The molecule has 3 aliphatic rings. The molecular weight excluding hydrogens is 339 g/mol. The first-order chi connectivity index (χ1) is 12.5. The maximum atomic E-state index is 14.8. The number of nitrogens with zero attached hydrogens (tertiary/aromatic N) is 3. The van der Waals surface area contributed by atoms with E-state index in [4.69, 9.17) is 5.73 Å². The van der Waals surface area contributed by atoms with Gasteiger partial charge in [-0.15, -0.1) is 0 Å². The second-order valence-electron chi connectivity index (χ2n) is 7.62. The normalized spacial score (nSPS) is 27.5. The van der Waals surface area contributed by atoms with Gasteiger partial charge in [0.15, 0.2) is 11.6 Å². The van der Waals surface area contributed by atoms with Crippen LogP contribution in [-0.2, 0) is 0 Å². The highest BCUT2D eigenvalue weighted by Crippen LogP contribution is 2.45. The zero-order valence-electron chi connectivity index (χ0n) is 14.1. The average molecular weight is 358 g/mol. The zero-order valence-corrected chi connectivity index (χ0v) is 14.1. The van der Waals surface area contributed by atoms with Gasteiger partial charge in [0, 0.05) is 31.4 Å². The lowest BCUT2D eigenvalue weighted by molar-refractivity contribution is 0.0695. The quantitative estimate of drug-likeness (QED) is 0.859. The van der Waals surface area contributed by atoms with Crippen molar-refractivity contribution < 1.29 is 14.3 Å². The summed E-state index contributed by atoms with van der Waals surface area (Å²) in [5.41, 5.74) is 5.36. The number of rotatable bonds is 3. The summed E-state index contributed by atoms with van der Waals surface area (Å²) in [7, 11) is 0. The Morgan fingerprint density at radius 1 is 1.31 bits per heavy atom. The number of aromatic nitrogens is 2. The Morgan fingerprint density at radius 2 is 2.08 bits per heavy atom. The fourth-order valence-corrected chi connectivity index (χ4v) is 4.22. The molecule has 7 nitrogen and oxygen atoms in total. The predicted octanol–water partition coefficient (Wildman–Crippen LogP) is 1.35. The van der Waals surface area contributed by atoms with Crippen LogP contribution in [-0.4, -0.2) is 39.8 Å². The summed E-state index contributed by atoms with van der Waals surface area (Å²) in [6.07, 6.45) is 4.06. The molecule has 1 aliphatic heterocycles. The molecule has 0 spiro atoms. The van der Waals surface area contributed by atoms with Crippen LogP contribution in [0, 0.1) is 17.7 Å². The van der Waals surface area contributed by atoms with Crippen molar-refractivity contribution in [1.29, 1.82) is 0 Å². The van der Waals surface area contributed by atoms with Crippen LogP contribution in [0.25, 0.3) is 11.0 Å². The molecule has 1 saturated heterocycles. The summed E-state index contributed by atoms with van der Waals surface area (Å²) in [6, 6.07) is 1.44. The molecule has 2 aromatic heterocycles. The molecule has 0 unspecified atom stereocenters. The Bertz CT molecular complexity index is 1000. The van der Waals surface area contributed by atoms with Gasteiger partial charge in [-0.05, 0) is 37.2 Å². The Kier molecular flexibility index (Phi) is 3.19. The Morgan fingerprint density at radius 3 is 2.73 bits per heavy atom. The van der Waals surface area contributed by atoms with E-state index in [2.05, 4.69) is 4.98 Å². The molecule has 3 N–H and O–H groups in total. The Hall–Kier alpha value is -2.48. The van der Waals surface area contributed by atoms with Crippen LogP contribution in [0.5, 0.6) is 0 Å². The standard InChI is InChI=1S/C18H19FN4O3/c19-13-5-10-15(24)12(18(25)26)7-23(8-1-2-8)16(10)21-17(13)22-4-3-9-11(6-22)14(9)20/h5,7-9,11,14H,1-4,6,20H2,(H,25,26)/t9-,11+,14+/m1/s1. The van der Waals surface area contributed by atoms with Gasteiger partial charge >= 0.3 is 5.97 Å². The summed E-state index contributed by atoms with van der Waals surface area (Å²) in [4.78, 5) is 30.2. The van der Waals surface area contributed by atoms with Crippen molar-refractivity contribution in [2.24, 2.45) is 17.6 Å². The monoisotopic (exact) mass is 358 g/mol. The highest BCUT2D eigenvalue weighted by Gasteiger charge is 2.50. The number of carboxylic acid groups (broad SMARTS) is 1. The van der Waals surface area contributed by atoms with Crippen LogP contribution in [0.15, 0.2) is 17.1 Å². The lowest BCUT2D eigenvalue weighted by Gasteiger charge is -2.28. The van der Waals surface area contributed by atoms with Crippen molar-refractivity contribution in [3.63, 3.8) is 0 Å². The van der Waals surface area contributed by atoms with Crippen molar-refractivity contribution in [2.75, 3.05) is 18.0 Å². The SMILES string of the molecule is N[C@@H]1[C@H]2CN(c3nc4c(cc3F)c(=O)c(C(=O)O)cn4C3CC3)CC[C@@H]12. The molecule has 5 rings (SSSR count). The van der Waals surface area contributed by atoms with E-state index in [9.17, 15) is 19.1 Å². The van der Waals surface area contributed by atoms with Crippen molar-refractivity contribution in [3.8, 4) is 0 Å². The molecule has 136 valence electrons. The summed E-state index contributed by atoms with van der Waals surface area (Å²) >= 11 is 0. The van der Waals surface area contributed by atoms with Crippen LogP contribution in [0.3, 0.4) is 0 Å². The third-order valence-corrected chi connectivity index (χ3v) is 5.97. The number of pyridine rings is 2. The zero-order chi connectivity index (χ0) is 18.2. The van der Waals surface area contributed by atoms with E-state index in [1.807, 2.05) is 4.90 Å². The molecule has 8 heteroatoms. The van der Waals surface area contributed by atoms with Gasteiger partial charge in [0.1, 0.15) is 11.2 Å². The lowest BCUT2D eigenvalue weighted by atomic mass is 10.1. The molecule has 0 bridgehead atoms. The number of aromatic carboxylic acids is 1. The summed E-state index contributed by atoms with van der Waals surface area (Å²) < 4.78 is 16.5. The molecule has 26 heavy (non-hydrogen) atoms. The van der Waals surface area contributed by atoms with E-state index in [0.717, 1.165) is 25.3 Å². The predicted molar refractivity (Wildman–Crippen MR) is 93.0 cm³/mol. The maximum absolute atomic E-state index is 14.8. The minimum atomic E-state index is -1.31. The van der Waals surface area contributed by atoms with Crippen LogP contribution in [0.1, 0.15) is 35.7 Å². The fraction of sp³-hybridized carbons (Fsp3) is 0.500. The van der Waals surface area contributed by atoms with Gasteiger partial charge in [0.25, 0.3) is 0 Å². The second kappa shape index (κ2) is 5.26. The molecule has 0 aromatic carbocycles. The number of halogens is 1. The molecule has 0 amide bonds. The highest BCUT2D eigenvalue weighted by atomic mass is 19.1. The third kappa shape index (κ3) is 2.25. The molecule has 3 fully saturated rings. The van der Waals surface area contributed by atoms with Gasteiger partial charge in [-0.1, -0.05) is 0 Å². The number of carbonyl (C=O) groups is 1. The molecule has 0 radical (unpaired) electrons. The minimum absolute atomic E-state index is 0.0241. The van der Waals surface area contributed by atoms with Gasteiger partial charge in [-0.25, -0.2) is 14.2 Å². The Labute approximate surface area is 148 Å². The van der Waals surface area contributed by atoms with Gasteiger partial charge in [0.2, 0.25) is 5.43 Å². The summed E-state index contributed by atoms with van der Waals surface area (Å²) in [5.74, 6) is -0.766. The van der Waals surface area contributed by atoms with Gasteiger partial charge in [0.05, 0.1) is 5.39 Å². The number of hydrogen-bond donors (Lipinski definition) is 2. The van der Waals surface area contributed by atoms with E-state index >= 15 is 0 Å². The van der Waals surface area contributed by atoms with E-state index in [0.29, 0.717) is 30.6 Å². The third-order valence-electron chi connectivity index (χ3n) is 5.97. The largest absolute Gasteiger partial charge is 0.477 e. The number of piperidine rings is 1. The Balaban J connectivity index is 1.66. The average Bonchev–Trinajstić information content (AvgIpc) is 3.53. The smallest absolute Gasteiger partial charge is 0.341 e. The summed E-state index contributed by atoms with van der Waals surface area (Å²) in [6.45, 7) is 1.35. The number of hydrogen-bond acceptors (Lipinski definition) is 5. The molecule has 3 heterocycles. The molecular formula is C18H19FN4O3. The minimum Gasteiger partial charge on any atom is -0.477 e. The van der Waals surface area contributed by atoms with Crippen LogP contribution in [0.4, 0.5) is 10.2 Å². The first-order valence-corrected chi connectivity index (χ1v) is 8.95. The van der Waals surface area contributed by atoms with Crippen molar-refractivity contribution in [3.05, 3.63) is 33.9 Å². The highest BCUT2D eigenvalue weighted by molar-refractivity contribution is 5.92. The van der Waals surface area contributed by atoms with Crippen LogP contribution in [0.2, 0.25) is 0 Å². The van der Waals surface area contributed by atoms with Crippen LogP contribution >= 0.6 is 0 Å². The first-order valence-electron chi connectivity index (χ1n) is 8.95. The van der Waals surface area contributed by atoms with E-state index in [1.54, 1.807) is 4.57 Å². The number of nitrogens with two attached hydrogens (primary N) is 1. The molecule has 2 saturated carbocycles. The first kappa shape index (κ1) is 15.7. The van der Waals surface area contributed by atoms with E-state index in [1.165, 1.54) is 6.20 Å². The molecule has 2 aliphatic carbocycles. The lowest BCUT2D eigenvalue weighted by Crippen LogP contribution is -2.33. The van der Waals surface area contributed by atoms with Gasteiger partial charge < -0.3 is 20.3 Å². The summed E-state index contributed by atoms with van der Waals surface area (Å²) in [5, 5.41) is 9.31. The van der Waals surface area contributed by atoms with Crippen molar-refractivity contribution >= 4 is 22.8 Å². The molecule has 3 atom stereocenters. The fourth-order valence-electron chi connectivity index (χ4n) is 4.22. The maximum Gasteiger partial charge on any atom is 0.341 e. The second-order valence-corrected chi connectivity index (χ2v) is 7.62. The van der Waals surface area contributed by atoms with Crippen molar-refractivity contribution in [1.82, 2.24) is 9.55 Å². The number of carboxylic acids is 1. The van der Waals surface area contributed by atoms with Gasteiger partial charge in [-0.2, -0.15) is 0 Å². The number of anilines is 1. The topological polar surface area (TPSA) is 101 Å². The van der Waals surface area contributed by atoms with Gasteiger partial charge in [-0.3, -0.25) is 4.79 Å². The van der Waals surface area contributed by atoms with Crippen LogP contribution < -0.4 is 16.1 Å². The van der Waals surface area contributed by atoms with Crippen molar-refractivity contribution in [2.45, 2.75) is 31.3 Å². The molecule has 2 aromatic rings. The van der Waals surface area contributed by atoms with E-state index < -0.39 is 17.2 Å². The van der Waals surface area contributed by atoms with E-state index in [-0.39, 0.29) is 28.9 Å².